The number of nitrogens with one attached hydrogen (secondary N) is 1. The minimum atomic E-state index is -4.39. The van der Waals surface area contributed by atoms with Gasteiger partial charge < -0.3 is 5.32 Å². The minimum absolute atomic E-state index is 0. The van der Waals surface area contributed by atoms with Gasteiger partial charge >= 0.3 is 6.18 Å². The molecule has 1 nitrogen and oxygen atoms in total. The predicted octanol–water partition coefficient (Wildman–Crippen LogP) is 1.53. The van der Waals surface area contributed by atoms with Gasteiger partial charge in [0, 0.05) is 13.1 Å². The number of hydrogen-bond acceptors (Lipinski definition) is 1. The summed E-state index contributed by atoms with van der Waals surface area (Å²) in [4.78, 5) is 0. The van der Waals surface area contributed by atoms with E-state index in [0.717, 1.165) is 0 Å². The van der Waals surface area contributed by atoms with Crippen LogP contribution < -0.4 is 5.32 Å². The van der Waals surface area contributed by atoms with E-state index in [2.05, 4.69) is 5.32 Å². The zero-order chi connectivity index (χ0) is 7.78. The topological polar surface area (TPSA) is 12.0 Å². The molecule has 0 aromatic carbocycles. The Morgan fingerprint density at radius 3 is 1.91 bits per heavy atom. The van der Waals surface area contributed by atoms with E-state index in [9.17, 15) is 17.6 Å². The second-order valence-corrected chi connectivity index (χ2v) is 2.32. The van der Waals surface area contributed by atoms with Crippen LogP contribution in [0.3, 0.4) is 0 Å². The maximum atomic E-state index is 12.3. The highest BCUT2D eigenvalue weighted by Crippen LogP contribution is 2.31. The van der Waals surface area contributed by atoms with Crippen molar-refractivity contribution in [2.24, 2.45) is 5.92 Å². The van der Waals surface area contributed by atoms with E-state index in [0.29, 0.717) is 0 Å². The molecule has 1 N–H and O–H groups in total. The van der Waals surface area contributed by atoms with Crippen molar-refractivity contribution >= 4 is 12.4 Å². The van der Waals surface area contributed by atoms with E-state index < -0.39 is 18.3 Å². The van der Waals surface area contributed by atoms with Crippen LogP contribution in [0, 0.1) is 5.92 Å². The summed E-state index contributed by atoms with van der Waals surface area (Å²) in [6.07, 6.45) is -6.15. The monoisotopic (exact) mass is 193 g/mol. The lowest BCUT2D eigenvalue weighted by atomic mass is 10.1. The molecule has 0 aromatic heterocycles. The molecule has 0 aromatic rings. The number of halogens is 5. The smallest absolute Gasteiger partial charge is 0.313 e. The second kappa shape index (κ2) is 3.58. The highest BCUT2D eigenvalue weighted by Gasteiger charge is 2.47. The van der Waals surface area contributed by atoms with Gasteiger partial charge in [-0.25, -0.2) is 4.39 Å². The van der Waals surface area contributed by atoms with Crippen LogP contribution in [-0.2, 0) is 0 Å². The quantitative estimate of drug-likeness (QED) is 0.576. The van der Waals surface area contributed by atoms with Gasteiger partial charge in [0.05, 0.1) is 5.92 Å². The Kier molecular flexibility index (Phi) is 3.57. The Balaban J connectivity index is 0.000001000. The lowest BCUT2D eigenvalue weighted by Crippen LogP contribution is -2.30. The first-order valence-corrected chi connectivity index (χ1v) is 2.93. The molecule has 1 rings (SSSR count). The zero-order valence-corrected chi connectivity index (χ0v) is 6.31. The number of hydrogen-bond donors (Lipinski definition) is 1. The van der Waals surface area contributed by atoms with Gasteiger partial charge in [-0.2, -0.15) is 13.2 Å². The van der Waals surface area contributed by atoms with Crippen LogP contribution in [0.5, 0.6) is 0 Å². The molecule has 0 amide bonds. The normalized spacial score (nSPS) is 31.6. The Bertz CT molecular complexity index is 126. The van der Waals surface area contributed by atoms with Gasteiger partial charge in [0.1, 0.15) is 6.17 Å². The standard InChI is InChI=1S/C5H7F4N.ClH/c6-4-2-10-1-3(4)5(7,8)9;/h3-4,10H,1-2H2;1H/t3-,4-;/m1./s1. The summed E-state index contributed by atoms with van der Waals surface area (Å²) in [5.74, 6) is -1.80. The van der Waals surface area contributed by atoms with Crippen LogP contribution in [0.4, 0.5) is 17.6 Å². The molecule has 0 radical (unpaired) electrons. The first kappa shape index (κ1) is 11.0. The molecule has 1 fully saturated rings. The van der Waals surface area contributed by atoms with Gasteiger partial charge in [0.15, 0.2) is 0 Å². The van der Waals surface area contributed by atoms with Crippen molar-refractivity contribution in [2.75, 3.05) is 13.1 Å². The van der Waals surface area contributed by atoms with E-state index in [1.165, 1.54) is 0 Å². The van der Waals surface area contributed by atoms with E-state index in [-0.39, 0.29) is 25.5 Å². The van der Waals surface area contributed by atoms with E-state index in [1.807, 2.05) is 0 Å². The largest absolute Gasteiger partial charge is 0.395 e. The van der Waals surface area contributed by atoms with Crippen LogP contribution in [-0.4, -0.2) is 25.4 Å². The molecular weight excluding hydrogens is 186 g/mol. The van der Waals surface area contributed by atoms with Crippen molar-refractivity contribution < 1.29 is 17.6 Å². The van der Waals surface area contributed by atoms with Crippen molar-refractivity contribution in [3.63, 3.8) is 0 Å². The number of rotatable bonds is 0. The minimum Gasteiger partial charge on any atom is -0.313 e. The van der Waals surface area contributed by atoms with E-state index >= 15 is 0 Å². The van der Waals surface area contributed by atoms with Crippen LogP contribution in [0.15, 0.2) is 0 Å². The fraction of sp³-hybridized carbons (Fsp3) is 1.00. The van der Waals surface area contributed by atoms with Gasteiger partial charge in [-0.15, -0.1) is 12.4 Å². The molecule has 0 spiro atoms. The van der Waals surface area contributed by atoms with Crippen LogP contribution in [0.25, 0.3) is 0 Å². The van der Waals surface area contributed by atoms with Crippen LogP contribution in [0.2, 0.25) is 0 Å². The fourth-order valence-electron chi connectivity index (χ4n) is 0.968. The molecular formula is C5H8ClF4N. The molecule has 0 aliphatic carbocycles. The summed E-state index contributed by atoms with van der Waals surface area (Å²) >= 11 is 0. The third-order valence-electron chi connectivity index (χ3n) is 1.56. The van der Waals surface area contributed by atoms with Gasteiger partial charge in [-0.1, -0.05) is 0 Å². The third kappa shape index (κ3) is 2.48. The average Bonchev–Trinajstić information content (AvgIpc) is 2.11. The maximum Gasteiger partial charge on any atom is 0.395 e. The van der Waals surface area contributed by atoms with Crippen molar-refractivity contribution in [1.82, 2.24) is 5.32 Å². The first-order chi connectivity index (χ1) is 4.52. The molecule has 11 heavy (non-hydrogen) atoms. The van der Waals surface area contributed by atoms with Crippen LogP contribution >= 0.6 is 12.4 Å². The van der Waals surface area contributed by atoms with Gasteiger partial charge in [0.25, 0.3) is 0 Å². The Morgan fingerprint density at radius 1 is 1.18 bits per heavy atom. The average molecular weight is 194 g/mol. The highest BCUT2D eigenvalue weighted by molar-refractivity contribution is 5.85. The van der Waals surface area contributed by atoms with Gasteiger partial charge in [-0.05, 0) is 0 Å². The van der Waals surface area contributed by atoms with Crippen molar-refractivity contribution in [3.8, 4) is 0 Å². The molecule has 1 aliphatic rings. The molecule has 0 bridgehead atoms. The van der Waals surface area contributed by atoms with Crippen molar-refractivity contribution in [3.05, 3.63) is 0 Å². The summed E-state index contributed by atoms with van der Waals surface area (Å²) in [5.41, 5.74) is 0. The molecule has 1 heterocycles. The molecule has 0 saturated carbocycles. The molecule has 2 atom stereocenters. The summed E-state index contributed by atoms with van der Waals surface area (Å²) in [5, 5.41) is 2.33. The highest BCUT2D eigenvalue weighted by atomic mass is 35.5. The summed E-state index contributed by atoms with van der Waals surface area (Å²) in [6.45, 7) is -0.463. The molecule has 0 unspecified atom stereocenters. The Hall–Kier alpha value is -0.0300. The van der Waals surface area contributed by atoms with Crippen LogP contribution in [0.1, 0.15) is 0 Å². The second-order valence-electron chi connectivity index (χ2n) is 2.32. The molecule has 68 valence electrons. The third-order valence-corrected chi connectivity index (χ3v) is 1.56. The maximum absolute atomic E-state index is 12.3. The van der Waals surface area contributed by atoms with Gasteiger partial charge in [0.2, 0.25) is 0 Å². The zero-order valence-electron chi connectivity index (χ0n) is 5.49. The lowest BCUT2D eigenvalue weighted by Gasteiger charge is -2.14. The summed E-state index contributed by atoms with van der Waals surface area (Å²) in [6, 6.07) is 0. The Morgan fingerprint density at radius 2 is 1.73 bits per heavy atom. The number of alkyl halides is 4. The van der Waals surface area contributed by atoms with E-state index in [4.69, 9.17) is 0 Å². The molecule has 6 heteroatoms. The molecule has 1 saturated heterocycles. The summed E-state index contributed by atoms with van der Waals surface area (Å²) in [7, 11) is 0. The first-order valence-electron chi connectivity index (χ1n) is 2.93. The Labute approximate surface area is 67.6 Å². The van der Waals surface area contributed by atoms with E-state index in [1.54, 1.807) is 0 Å². The predicted molar refractivity (Wildman–Crippen MR) is 34.6 cm³/mol. The SMILES string of the molecule is Cl.F[C@@H]1CNC[C@H]1C(F)(F)F. The molecule has 1 aliphatic heterocycles. The van der Waals surface area contributed by atoms with Gasteiger partial charge in [-0.3, -0.25) is 0 Å². The van der Waals surface area contributed by atoms with Crippen molar-refractivity contribution in [1.29, 1.82) is 0 Å². The lowest BCUT2D eigenvalue weighted by molar-refractivity contribution is -0.180. The van der Waals surface area contributed by atoms with Crippen molar-refractivity contribution in [2.45, 2.75) is 12.3 Å². The fourth-order valence-corrected chi connectivity index (χ4v) is 0.968. The summed E-state index contributed by atoms with van der Waals surface area (Å²) < 4.78 is 47.5.